The Morgan fingerprint density at radius 3 is 2.85 bits per heavy atom. The van der Waals surface area contributed by atoms with E-state index in [0.29, 0.717) is 12.5 Å². The SMILES string of the molecule is COC(=O)C(C[C@@H]1CCCN1)OC. The number of hydrogen-bond acceptors (Lipinski definition) is 4. The summed E-state index contributed by atoms with van der Waals surface area (Å²) in [7, 11) is 2.92. The Labute approximate surface area is 78.6 Å². The van der Waals surface area contributed by atoms with Gasteiger partial charge in [0.25, 0.3) is 0 Å². The van der Waals surface area contributed by atoms with Crippen LogP contribution in [0.5, 0.6) is 0 Å². The van der Waals surface area contributed by atoms with E-state index in [0.717, 1.165) is 13.0 Å². The molecular weight excluding hydrogens is 170 g/mol. The van der Waals surface area contributed by atoms with Crippen LogP contribution in [0.4, 0.5) is 0 Å². The molecule has 1 aliphatic heterocycles. The molecule has 1 saturated heterocycles. The first-order chi connectivity index (χ1) is 6.27. The molecule has 0 aromatic rings. The molecule has 0 aromatic carbocycles. The van der Waals surface area contributed by atoms with E-state index < -0.39 is 6.10 Å². The lowest BCUT2D eigenvalue weighted by molar-refractivity contribution is -0.152. The standard InChI is InChI=1S/C9H17NO3/c1-12-8(9(11)13-2)6-7-4-3-5-10-7/h7-8,10H,3-6H2,1-2H3/t7-,8?/m0/s1. The van der Waals surface area contributed by atoms with Crippen molar-refractivity contribution >= 4 is 5.97 Å². The average Bonchev–Trinajstić information content (AvgIpc) is 2.65. The van der Waals surface area contributed by atoms with Gasteiger partial charge in [0, 0.05) is 13.2 Å². The molecule has 0 aliphatic carbocycles. The number of ether oxygens (including phenoxy) is 2. The minimum Gasteiger partial charge on any atom is -0.467 e. The molecule has 1 aliphatic rings. The minimum atomic E-state index is -0.416. The van der Waals surface area contributed by atoms with Crippen LogP contribution in [-0.2, 0) is 14.3 Å². The Balaban J connectivity index is 2.33. The minimum absolute atomic E-state index is 0.281. The highest BCUT2D eigenvalue weighted by Crippen LogP contribution is 2.13. The third kappa shape index (κ3) is 2.97. The smallest absolute Gasteiger partial charge is 0.335 e. The molecule has 0 spiro atoms. The van der Waals surface area contributed by atoms with E-state index in [1.807, 2.05) is 0 Å². The van der Waals surface area contributed by atoms with Crippen LogP contribution in [0.1, 0.15) is 19.3 Å². The van der Waals surface area contributed by atoms with E-state index >= 15 is 0 Å². The predicted octanol–water partition coefficient (Wildman–Crippen LogP) is 0.316. The first-order valence-corrected chi connectivity index (χ1v) is 4.62. The molecule has 13 heavy (non-hydrogen) atoms. The molecule has 4 heteroatoms. The molecular formula is C9H17NO3. The summed E-state index contributed by atoms with van der Waals surface area (Å²) in [5, 5.41) is 3.31. The Morgan fingerprint density at radius 2 is 2.38 bits per heavy atom. The van der Waals surface area contributed by atoms with Crippen LogP contribution in [0, 0.1) is 0 Å². The lowest BCUT2D eigenvalue weighted by Crippen LogP contribution is -2.33. The molecule has 2 atom stereocenters. The van der Waals surface area contributed by atoms with E-state index in [1.165, 1.54) is 20.6 Å². The fraction of sp³-hybridized carbons (Fsp3) is 0.889. The number of methoxy groups -OCH3 is 2. The van der Waals surface area contributed by atoms with Gasteiger partial charge in [-0.2, -0.15) is 0 Å². The first-order valence-electron chi connectivity index (χ1n) is 4.62. The molecule has 4 nitrogen and oxygen atoms in total. The van der Waals surface area contributed by atoms with Gasteiger partial charge in [-0.1, -0.05) is 0 Å². The molecule has 0 amide bonds. The zero-order chi connectivity index (χ0) is 9.68. The molecule has 1 rings (SSSR count). The third-order valence-electron chi connectivity index (χ3n) is 2.41. The van der Waals surface area contributed by atoms with Gasteiger partial charge < -0.3 is 14.8 Å². The van der Waals surface area contributed by atoms with E-state index in [1.54, 1.807) is 0 Å². The predicted molar refractivity (Wildman–Crippen MR) is 48.5 cm³/mol. The Morgan fingerprint density at radius 1 is 1.62 bits per heavy atom. The molecule has 1 heterocycles. The van der Waals surface area contributed by atoms with Gasteiger partial charge in [-0.3, -0.25) is 0 Å². The average molecular weight is 187 g/mol. The summed E-state index contributed by atoms with van der Waals surface area (Å²) in [6.07, 6.45) is 2.60. The van der Waals surface area contributed by atoms with Gasteiger partial charge in [0.1, 0.15) is 0 Å². The lowest BCUT2D eigenvalue weighted by atomic mass is 10.1. The van der Waals surface area contributed by atoms with Crippen LogP contribution in [-0.4, -0.2) is 38.9 Å². The van der Waals surface area contributed by atoms with Crippen LogP contribution in [0.2, 0.25) is 0 Å². The topological polar surface area (TPSA) is 47.6 Å². The summed E-state index contributed by atoms with van der Waals surface area (Å²) in [5.41, 5.74) is 0. The van der Waals surface area contributed by atoms with E-state index in [4.69, 9.17) is 4.74 Å². The molecule has 76 valence electrons. The Bertz CT molecular complexity index is 166. The number of rotatable bonds is 4. The van der Waals surface area contributed by atoms with Crippen molar-refractivity contribution in [2.75, 3.05) is 20.8 Å². The fourth-order valence-corrected chi connectivity index (χ4v) is 1.64. The van der Waals surface area contributed by atoms with E-state index in [9.17, 15) is 4.79 Å². The second-order valence-electron chi connectivity index (χ2n) is 3.28. The van der Waals surface area contributed by atoms with Gasteiger partial charge in [0.05, 0.1) is 7.11 Å². The highest BCUT2D eigenvalue weighted by molar-refractivity contribution is 5.74. The van der Waals surface area contributed by atoms with Crippen molar-refractivity contribution in [3.63, 3.8) is 0 Å². The molecule has 1 unspecified atom stereocenters. The van der Waals surface area contributed by atoms with Crippen LogP contribution in [0.3, 0.4) is 0 Å². The van der Waals surface area contributed by atoms with Gasteiger partial charge in [0.2, 0.25) is 0 Å². The quantitative estimate of drug-likeness (QED) is 0.644. The summed E-state index contributed by atoms with van der Waals surface area (Å²) < 4.78 is 9.67. The molecule has 0 aromatic heterocycles. The van der Waals surface area contributed by atoms with Crippen molar-refractivity contribution in [3.8, 4) is 0 Å². The van der Waals surface area contributed by atoms with Crippen molar-refractivity contribution in [3.05, 3.63) is 0 Å². The maximum Gasteiger partial charge on any atom is 0.335 e. The number of nitrogens with one attached hydrogen (secondary N) is 1. The summed E-state index contributed by atoms with van der Waals surface area (Å²) in [6.45, 7) is 1.04. The number of hydrogen-bond donors (Lipinski definition) is 1. The Kier molecular flexibility index (Phi) is 4.18. The summed E-state index contributed by atoms with van der Waals surface area (Å²) in [4.78, 5) is 11.2. The van der Waals surface area contributed by atoms with Crippen LogP contribution in [0.25, 0.3) is 0 Å². The zero-order valence-electron chi connectivity index (χ0n) is 8.21. The molecule has 0 bridgehead atoms. The van der Waals surface area contributed by atoms with Crippen molar-refractivity contribution in [1.29, 1.82) is 0 Å². The number of carbonyl (C=O) groups excluding carboxylic acids is 1. The third-order valence-corrected chi connectivity index (χ3v) is 2.41. The van der Waals surface area contributed by atoms with Gasteiger partial charge >= 0.3 is 5.97 Å². The van der Waals surface area contributed by atoms with Crippen LogP contribution < -0.4 is 5.32 Å². The van der Waals surface area contributed by atoms with E-state index in [2.05, 4.69) is 10.1 Å². The molecule has 0 radical (unpaired) electrons. The second kappa shape index (κ2) is 5.19. The van der Waals surface area contributed by atoms with Crippen molar-refractivity contribution in [2.24, 2.45) is 0 Å². The van der Waals surface area contributed by atoms with Crippen LogP contribution >= 0.6 is 0 Å². The first kappa shape index (κ1) is 10.5. The molecule has 0 saturated carbocycles. The summed E-state index contributed by atoms with van der Waals surface area (Å²) >= 11 is 0. The number of esters is 1. The Hall–Kier alpha value is -0.610. The van der Waals surface area contributed by atoms with Crippen molar-refractivity contribution in [1.82, 2.24) is 5.32 Å². The van der Waals surface area contributed by atoms with Gasteiger partial charge in [-0.15, -0.1) is 0 Å². The normalized spacial score (nSPS) is 24.3. The second-order valence-corrected chi connectivity index (χ2v) is 3.28. The van der Waals surface area contributed by atoms with Crippen LogP contribution in [0.15, 0.2) is 0 Å². The highest BCUT2D eigenvalue weighted by atomic mass is 16.6. The lowest BCUT2D eigenvalue weighted by Gasteiger charge is -2.16. The number of carbonyl (C=O) groups is 1. The fourth-order valence-electron chi connectivity index (χ4n) is 1.64. The molecule has 1 N–H and O–H groups in total. The highest BCUT2D eigenvalue weighted by Gasteiger charge is 2.24. The maximum absolute atomic E-state index is 11.2. The van der Waals surface area contributed by atoms with Gasteiger partial charge in [-0.05, 0) is 25.8 Å². The van der Waals surface area contributed by atoms with E-state index in [-0.39, 0.29) is 5.97 Å². The zero-order valence-corrected chi connectivity index (χ0v) is 8.21. The van der Waals surface area contributed by atoms with Gasteiger partial charge in [-0.25, -0.2) is 4.79 Å². The monoisotopic (exact) mass is 187 g/mol. The van der Waals surface area contributed by atoms with Gasteiger partial charge in [0.15, 0.2) is 6.10 Å². The van der Waals surface area contributed by atoms with Crippen molar-refractivity contribution in [2.45, 2.75) is 31.4 Å². The van der Waals surface area contributed by atoms with Crippen molar-refractivity contribution < 1.29 is 14.3 Å². The molecule has 1 fully saturated rings. The summed E-state index contributed by atoms with van der Waals surface area (Å²) in [5.74, 6) is -0.281. The largest absolute Gasteiger partial charge is 0.467 e. The maximum atomic E-state index is 11.2. The summed E-state index contributed by atoms with van der Waals surface area (Å²) in [6, 6.07) is 0.407.